The van der Waals surface area contributed by atoms with Gasteiger partial charge >= 0.3 is 0 Å². The smallest absolute Gasteiger partial charge is 0.139 e. The van der Waals surface area contributed by atoms with Gasteiger partial charge in [-0.25, -0.2) is 0 Å². The van der Waals surface area contributed by atoms with E-state index in [1.54, 1.807) is 6.20 Å². The fourth-order valence-electron chi connectivity index (χ4n) is 3.19. The molecule has 3 aromatic rings. The lowest BCUT2D eigenvalue weighted by atomic mass is 9.80. The molecule has 0 bridgehead atoms. The lowest BCUT2D eigenvalue weighted by Crippen LogP contribution is -2.36. The normalized spacial score (nSPS) is 22.9. The Morgan fingerprint density at radius 3 is 2.43 bits per heavy atom. The highest BCUT2D eigenvalue weighted by atomic mass is 16.5. The molecule has 3 heteroatoms. The molecule has 4 rings (SSSR count). The molecule has 2 atom stereocenters. The zero-order valence-electron chi connectivity index (χ0n) is 12.6. The van der Waals surface area contributed by atoms with Gasteiger partial charge in [0, 0.05) is 18.2 Å². The summed E-state index contributed by atoms with van der Waals surface area (Å²) in [6.07, 6.45) is 1.94. The average Bonchev–Trinajstić information content (AvgIpc) is 2.63. The van der Waals surface area contributed by atoms with Crippen molar-refractivity contribution in [3.8, 4) is 5.75 Å². The first-order chi connectivity index (χ1) is 11.3. The molecule has 1 aromatic heterocycles. The molecule has 2 heterocycles. The first-order valence-electron chi connectivity index (χ1n) is 7.72. The highest BCUT2D eigenvalue weighted by Gasteiger charge is 2.42. The standard InChI is InChI=1S/C20H17NO2/c22-20(19-12-6-7-13-21-19)14-18(15-8-2-1-3-9-15)23-17-11-5-4-10-16(17)20/h1-13,18,22H,14H2. The van der Waals surface area contributed by atoms with Gasteiger partial charge < -0.3 is 9.84 Å². The molecule has 0 fully saturated rings. The quantitative estimate of drug-likeness (QED) is 0.782. The van der Waals surface area contributed by atoms with Gasteiger partial charge in [0.2, 0.25) is 0 Å². The molecule has 1 aliphatic rings. The van der Waals surface area contributed by atoms with Gasteiger partial charge in [0.1, 0.15) is 17.5 Å². The second-order valence-electron chi connectivity index (χ2n) is 5.79. The lowest BCUT2D eigenvalue weighted by molar-refractivity contribution is -0.00247. The zero-order valence-corrected chi connectivity index (χ0v) is 12.6. The number of hydrogen-bond acceptors (Lipinski definition) is 3. The average molecular weight is 303 g/mol. The Hall–Kier alpha value is -2.65. The van der Waals surface area contributed by atoms with Crippen LogP contribution in [0.15, 0.2) is 79.0 Å². The molecule has 2 unspecified atom stereocenters. The molecule has 23 heavy (non-hydrogen) atoms. The van der Waals surface area contributed by atoms with Gasteiger partial charge in [0.15, 0.2) is 0 Å². The van der Waals surface area contributed by atoms with Gasteiger partial charge in [-0.1, -0.05) is 54.6 Å². The van der Waals surface area contributed by atoms with Crippen molar-refractivity contribution in [3.05, 3.63) is 95.8 Å². The zero-order chi connectivity index (χ0) is 15.7. The first kappa shape index (κ1) is 14.0. The third kappa shape index (κ3) is 2.39. The van der Waals surface area contributed by atoms with E-state index in [9.17, 15) is 5.11 Å². The van der Waals surface area contributed by atoms with Crippen LogP contribution in [0.4, 0.5) is 0 Å². The third-order valence-electron chi connectivity index (χ3n) is 4.34. The second kappa shape index (κ2) is 5.52. The molecule has 0 aliphatic carbocycles. The van der Waals surface area contributed by atoms with Crippen molar-refractivity contribution in [2.45, 2.75) is 18.1 Å². The fourth-order valence-corrected chi connectivity index (χ4v) is 3.19. The second-order valence-corrected chi connectivity index (χ2v) is 5.79. The Balaban J connectivity index is 1.85. The molecule has 1 aliphatic heterocycles. The van der Waals surface area contributed by atoms with Crippen molar-refractivity contribution in [2.75, 3.05) is 0 Å². The number of nitrogens with zero attached hydrogens (tertiary/aromatic N) is 1. The number of hydrogen-bond donors (Lipinski definition) is 1. The van der Waals surface area contributed by atoms with E-state index in [-0.39, 0.29) is 6.10 Å². The van der Waals surface area contributed by atoms with Crippen LogP contribution in [0.3, 0.4) is 0 Å². The maximum atomic E-state index is 11.5. The summed E-state index contributed by atoms with van der Waals surface area (Å²) in [6, 6.07) is 23.3. The molecular weight excluding hydrogens is 286 g/mol. The number of ether oxygens (including phenoxy) is 1. The van der Waals surface area contributed by atoms with Gasteiger partial charge in [0.05, 0.1) is 5.69 Å². The molecule has 2 aromatic carbocycles. The van der Waals surface area contributed by atoms with Crippen molar-refractivity contribution in [1.29, 1.82) is 0 Å². The van der Waals surface area contributed by atoms with Crippen LogP contribution in [0, 0.1) is 0 Å². The lowest BCUT2D eigenvalue weighted by Gasteiger charge is -2.38. The minimum atomic E-state index is -1.16. The molecule has 1 N–H and O–H groups in total. The Kier molecular flexibility index (Phi) is 3.36. The van der Waals surface area contributed by atoms with Gasteiger partial charge in [-0.2, -0.15) is 0 Å². The van der Waals surface area contributed by atoms with Crippen LogP contribution in [0.2, 0.25) is 0 Å². The number of aromatic nitrogens is 1. The molecule has 0 amide bonds. The minimum absolute atomic E-state index is 0.210. The number of pyridine rings is 1. The highest BCUT2D eigenvalue weighted by molar-refractivity contribution is 5.45. The van der Waals surface area contributed by atoms with Crippen LogP contribution in [-0.4, -0.2) is 10.1 Å². The first-order valence-corrected chi connectivity index (χ1v) is 7.72. The molecule has 0 saturated heterocycles. The van der Waals surface area contributed by atoms with Crippen LogP contribution in [0.5, 0.6) is 5.75 Å². The maximum absolute atomic E-state index is 11.5. The summed E-state index contributed by atoms with van der Waals surface area (Å²) in [5.74, 6) is 0.709. The predicted molar refractivity (Wildman–Crippen MR) is 88.1 cm³/mol. The van der Waals surface area contributed by atoms with Crippen LogP contribution in [-0.2, 0) is 5.60 Å². The highest BCUT2D eigenvalue weighted by Crippen LogP contribution is 2.47. The van der Waals surface area contributed by atoms with E-state index in [1.165, 1.54) is 0 Å². The van der Waals surface area contributed by atoms with Gasteiger partial charge in [-0.3, -0.25) is 4.98 Å². The third-order valence-corrected chi connectivity index (χ3v) is 4.34. The molecule has 0 saturated carbocycles. The van der Waals surface area contributed by atoms with Gasteiger partial charge in [-0.05, 0) is 23.8 Å². The maximum Gasteiger partial charge on any atom is 0.139 e. The molecule has 0 radical (unpaired) electrons. The van der Waals surface area contributed by atoms with E-state index in [1.807, 2.05) is 72.8 Å². The Morgan fingerprint density at radius 1 is 0.913 bits per heavy atom. The summed E-state index contributed by atoms with van der Waals surface area (Å²) in [7, 11) is 0. The summed E-state index contributed by atoms with van der Waals surface area (Å²) < 4.78 is 6.15. The number of rotatable bonds is 2. The Labute approximate surface area is 135 Å². The SMILES string of the molecule is OC1(c2ccccn2)CC(c2ccccc2)Oc2ccccc21. The Bertz CT molecular complexity index is 804. The number of para-hydroxylation sites is 1. The summed E-state index contributed by atoms with van der Waals surface area (Å²) in [6.45, 7) is 0. The van der Waals surface area contributed by atoms with Gasteiger partial charge in [0.25, 0.3) is 0 Å². The van der Waals surface area contributed by atoms with Crippen LogP contribution in [0.1, 0.15) is 29.3 Å². The summed E-state index contributed by atoms with van der Waals surface area (Å²) in [5, 5.41) is 11.5. The van der Waals surface area contributed by atoms with Crippen LogP contribution >= 0.6 is 0 Å². The van der Waals surface area contributed by atoms with Crippen molar-refractivity contribution < 1.29 is 9.84 Å². The van der Waals surface area contributed by atoms with E-state index < -0.39 is 5.60 Å². The van der Waals surface area contributed by atoms with Crippen molar-refractivity contribution in [1.82, 2.24) is 4.98 Å². The summed E-state index contributed by atoms with van der Waals surface area (Å²) in [5.41, 5.74) is 1.32. The largest absolute Gasteiger partial charge is 0.485 e. The number of aliphatic hydroxyl groups is 1. The topological polar surface area (TPSA) is 42.4 Å². The van der Waals surface area contributed by atoms with E-state index in [0.717, 1.165) is 11.1 Å². The van der Waals surface area contributed by atoms with Crippen molar-refractivity contribution in [2.24, 2.45) is 0 Å². The summed E-state index contributed by atoms with van der Waals surface area (Å²) >= 11 is 0. The number of benzene rings is 2. The predicted octanol–water partition coefficient (Wildman–Crippen LogP) is 3.84. The molecule has 0 spiro atoms. The van der Waals surface area contributed by atoms with Crippen molar-refractivity contribution in [3.63, 3.8) is 0 Å². The van der Waals surface area contributed by atoms with E-state index in [2.05, 4.69) is 4.98 Å². The van der Waals surface area contributed by atoms with Crippen LogP contribution < -0.4 is 4.74 Å². The van der Waals surface area contributed by atoms with Crippen LogP contribution in [0.25, 0.3) is 0 Å². The Morgan fingerprint density at radius 2 is 1.65 bits per heavy atom. The van der Waals surface area contributed by atoms with E-state index in [4.69, 9.17) is 4.74 Å². The van der Waals surface area contributed by atoms with Crippen molar-refractivity contribution >= 4 is 0 Å². The van der Waals surface area contributed by atoms with E-state index in [0.29, 0.717) is 17.9 Å². The summed E-state index contributed by atoms with van der Waals surface area (Å²) in [4.78, 5) is 4.40. The number of fused-ring (bicyclic) bond motifs is 1. The monoisotopic (exact) mass is 303 g/mol. The minimum Gasteiger partial charge on any atom is -0.485 e. The molecular formula is C20H17NO2. The molecule has 3 nitrogen and oxygen atoms in total. The molecule has 114 valence electrons. The van der Waals surface area contributed by atoms with E-state index >= 15 is 0 Å². The van der Waals surface area contributed by atoms with Gasteiger partial charge in [-0.15, -0.1) is 0 Å². The fraction of sp³-hybridized carbons (Fsp3) is 0.150.